The molecule has 0 aliphatic carbocycles. The first kappa shape index (κ1) is 13.1. The Hall–Kier alpha value is -2.60. The number of anilines is 1. The zero-order valence-electron chi connectivity index (χ0n) is 12.1. The fourth-order valence-corrected chi connectivity index (χ4v) is 2.86. The van der Waals surface area contributed by atoms with Gasteiger partial charge in [0.1, 0.15) is 18.0 Å². The van der Waals surface area contributed by atoms with Crippen LogP contribution in [0.15, 0.2) is 36.8 Å². The van der Waals surface area contributed by atoms with Crippen LogP contribution in [-0.2, 0) is 19.5 Å². The molecule has 0 unspecified atom stereocenters. The van der Waals surface area contributed by atoms with Crippen molar-refractivity contribution < 1.29 is 0 Å². The molecule has 0 atom stereocenters. The minimum Gasteiger partial charge on any atom is -0.383 e. The number of para-hydroxylation sites is 1. The quantitative estimate of drug-likeness (QED) is 0.772. The van der Waals surface area contributed by atoms with Gasteiger partial charge in [-0.1, -0.05) is 12.1 Å². The smallest absolute Gasteiger partial charge is 0.145 e. The number of nitrogen functional groups attached to an aromatic ring is 1. The number of benzene rings is 1. The van der Waals surface area contributed by atoms with Crippen LogP contribution >= 0.6 is 0 Å². The van der Waals surface area contributed by atoms with Crippen LogP contribution in [0, 0.1) is 0 Å². The highest BCUT2D eigenvalue weighted by Crippen LogP contribution is 2.20. The Kier molecular flexibility index (Phi) is 3.16. The van der Waals surface area contributed by atoms with E-state index in [1.54, 1.807) is 6.33 Å². The highest BCUT2D eigenvalue weighted by Gasteiger charge is 2.18. The molecular formula is C16H16N6. The number of hydrogen-bond donors (Lipinski definition) is 1. The van der Waals surface area contributed by atoms with Gasteiger partial charge in [0.25, 0.3) is 0 Å². The van der Waals surface area contributed by atoms with Crippen LogP contribution < -0.4 is 5.73 Å². The van der Waals surface area contributed by atoms with Gasteiger partial charge in [-0.25, -0.2) is 19.9 Å². The van der Waals surface area contributed by atoms with Crippen LogP contribution in [0.5, 0.6) is 0 Å². The van der Waals surface area contributed by atoms with Crippen molar-refractivity contribution in [3.05, 3.63) is 53.9 Å². The van der Waals surface area contributed by atoms with Gasteiger partial charge in [0.15, 0.2) is 0 Å². The first-order valence-corrected chi connectivity index (χ1v) is 7.31. The molecular weight excluding hydrogens is 276 g/mol. The van der Waals surface area contributed by atoms with Gasteiger partial charge >= 0.3 is 0 Å². The van der Waals surface area contributed by atoms with Gasteiger partial charge in [0.05, 0.1) is 17.8 Å². The number of nitrogens with zero attached hydrogens (tertiary/aromatic N) is 5. The van der Waals surface area contributed by atoms with Gasteiger partial charge in [0.2, 0.25) is 0 Å². The fraction of sp³-hybridized carbons (Fsp3) is 0.250. The number of fused-ring (bicyclic) bond motifs is 2. The number of hydrogen-bond acceptors (Lipinski definition) is 6. The zero-order chi connectivity index (χ0) is 14.9. The summed E-state index contributed by atoms with van der Waals surface area (Å²) in [7, 11) is 0. The summed E-state index contributed by atoms with van der Waals surface area (Å²) in [5.41, 5.74) is 9.27. The number of nitrogens with two attached hydrogens (primary N) is 1. The minimum absolute atomic E-state index is 0.542. The molecule has 3 heterocycles. The average Bonchev–Trinajstić information content (AvgIpc) is 2.55. The normalized spacial score (nSPS) is 14.9. The summed E-state index contributed by atoms with van der Waals surface area (Å²) < 4.78 is 0. The van der Waals surface area contributed by atoms with Crippen LogP contribution in [-0.4, -0.2) is 31.4 Å². The third-order valence-corrected chi connectivity index (χ3v) is 4.00. The predicted molar refractivity (Wildman–Crippen MR) is 83.8 cm³/mol. The van der Waals surface area contributed by atoms with E-state index in [0.717, 1.165) is 41.9 Å². The van der Waals surface area contributed by atoms with Crippen molar-refractivity contribution in [1.29, 1.82) is 0 Å². The summed E-state index contributed by atoms with van der Waals surface area (Å²) in [6.07, 6.45) is 4.47. The lowest BCUT2D eigenvalue weighted by atomic mass is 10.1. The minimum atomic E-state index is 0.542. The van der Waals surface area contributed by atoms with E-state index in [-0.39, 0.29) is 0 Å². The standard InChI is InChI=1S/C16H16N6/c17-16-12-3-1-2-4-13(12)20-15(21-16)9-22-6-5-11-7-18-10-19-14(11)8-22/h1-4,7,10H,5-6,8-9H2,(H2,17,20,21). The molecule has 4 rings (SSSR count). The summed E-state index contributed by atoms with van der Waals surface area (Å²) in [4.78, 5) is 19.8. The second-order valence-electron chi connectivity index (χ2n) is 5.50. The second-order valence-corrected chi connectivity index (χ2v) is 5.50. The molecule has 0 spiro atoms. The third kappa shape index (κ3) is 2.37. The van der Waals surface area contributed by atoms with Crippen molar-refractivity contribution in [3.63, 3.8) is 0 Å². The topological polar surface area (TPSA) is 80.8 Å². The second kappa shape index (κ2) is 5.31. The maximum Gasteiger partial charge on any atom is 0.145 e. The van der Waals surface area contributed by atoms with Crippen molar-refractivity contribution >= 4 is 16.7 Å². The maximum absolute atomic E-state index is 6.05. The maximum atomic E-state index is 6.05. The van der Waals surface area contributed by atoms with Crippen molar-refractivity contribution in [3.8, 4) is 0 Å². The Balaban J connectivity index is 1.59. The molecule has 1 aromatic carbocycles. The molecule has 0 bridgehead atoms. The monoisotopic (exact) mass is 292 g/mol. The van der Waals surface area contributed by atoms with E-state index in [1.165, 1.54) is 5.56 Å². The third-order valence-electron chi connectivity index (χ3n) is 4.00. The lowest BCUT2D eigenvalue weighted by Crippen LogP contribution is -2.31. The van der Waals surface area contributed by atoms with Crippen LogP contribution in [0.4, 0.5) is 5.82 Å². The van der Waals surface area contributed by atoms with E-state index in [2.05, 4.69) is 24.8 Å². The van der Waals surface area contributed by atoms with E-state index in [9.17, 15) is 0 Å². The Bertz CT molecular complexity index is 832. The molecule has 0 radical (unpaired) electrons. The summed E-state index contributed by atoms with van der Waals surface area (Å²) >= 11 is 0. The fourth-order valence-electron chi connectivity index (χ4n) is 2.86. The average molecular weight is 292 g/mol. The molecule has 0 saturated carbocycles. The summed E-state index contributed by atoms with van der Waals surface area (Å²) in [5.74, 6) is 1.30. The molecule has 0 fully saturated rings. The van der Waals surface area contributed by atoms with Gasteiger partial charge in [-0.2, -0.15) is 0 Å². The summed E-state index contributed by atoms with van der Waals surface area (Å²) in [5, 5.41) is 0.906. The highest BCUT2D eigenvalue weighted by molar-refractivity contribution is 5.87. The zero-order valence-corrected chi connectivity index (χ0v) is 12.1. The molecule has 1 aliphatic rings. The van der Waals surface area contributed by atoms with E-state index in [0.29, 0.717) is 12.4 Å². The molecule has 3 aromatic rings. The first-order chi connectivity index (χ1) is 10.8. The summed E-state index contributed by atoms with van der Waals surface area (Å²) in [6, 6.07) is 7.83. The van der Waals surface area contributed by atoms with Crippen molar-refractivity contribution in [1.82, 2.24) is 24.8 Å². The molecule has 1 aliphatic heterocycles. The largest absolute Gasteiger partial charge is 0.383 e. The van der Waals surface area contributed by atoms with Gasteiger partial charge in [-0.3, -0.25) is 4.90 Å². The molecule has 2 N–H and O–H groups in total. The molecule has 6 nitrogen and oxygen atoms in total. The van der Waals surface area contributed by atoms with Gasteiger partial charge in [0, 0.05) is 24.7 Å². The molecule has 0 saturated heterocycles. The Labute approximate surface area is 128 Å². The Morgan fingerprint density at radius 3 is 3.05 bits per heavy atom. The molecule has 110 valence electrons. The van der Waals surface area contributed by atoms with Crippen LogP contribution in [0.2, 0.25) is 0 Å². The molecule has 22 heavy (non-hydrogen) atoms. The van der Waals surface area contributed by atoms with Gasteiger partial charge < -0.3 is 5.73 Å². The predicted octanol–water partition coefficient (Wildman–Crippen LogP) is 1.56. The van der Waals surface area contributed by atoms with Crippen LogP contribution in [0.3, 0.4) is 0 Å². The molecule has 6 heteroatoms. The van der Waals surface area contributed by atoms with Gasteiger partial charge in [-0.15, -0.1) is 0 Å². The molecule has 2 aromatic heterocycles. The van der Waals surface area contributed by atoms with Crippen LogP contribution in [0.1, 0.15) is 17.1 Å². The van der Waals surface area contributed by atoms with Crippen molar-refractivity contribution in [2.45, 2.75) is 19.5 Å². The highest BCUT2D eigenvalue weighted by atomic mass is 15.2. The summed E-state index contributed by atoms with van der Waals surface area (Å²) in [6.45, 7) is 2.43. The number of rotatable bonds is 2. The Morgan fingerprint density at radius 2 is 2.09 bits per heavy atom. The lowest BCUT2D eigenvalue weighted by molar-refractivity contribution is 0.235. The van der Waals surface area contributed by atoms with Crippen LogP contribution in [0.25, 0.3) is 10.9 Å². The van der Waals surface area contributed by atoms with E-state index >= 15 is 0 Å². The molecule has 0 amide bonds. The SMILES string of the molecule is Nc1nc(CN2CCc3cncnc3C2)nc2ccccc12. The first-order valence-electron chi connectivity index (χ1n) is 7.31. The van der Waals surface area contributed by atoms with E-state index in [4.69, 9.17) is 5.73 Å². The van der Waals surface area contributed by atoms with Crippen molar-refractivity contribution in [2.75, 3.05) is 12.3 Å². The number of aromatic nitrogens is 4. The van der Waals surface area contributed by atoms with E-state index < -0.39 is 0 Å². The van der Waals surface area contributed by atoms with E-state index in [1.807, 2.05) is 30.5 Å². The lowest BCUT2D eigenvalue weighted by Gasteiger charge is -2.26. The Morgan fingerprint density at radius 1 is 1.18 bits per heavy atom. The van der Waals surface area contributed by atoms with Gasteiger partial charge in [-0.05, 0) is 24.1 Å². The van der Waals surface area contributed by atoms with Crippen molar-refractivity contribution in [2.24, 2.45) is 0 Å².